The maximum Gasteiger partial charge on any atom is 0.0902 e. The van der Waals surface area contributed by atoms with Crippen LogP contribution in [0.5, 0.6) is 0 Å². The first-order valence-electron chi connectivity index (χ1n) is 6.33. The molecule has 0 N–H and O–H groups in total. The minimum atomic E-state index is 0.823. The predicted octanol–water partition coefficient (Wildman–Crippen LogP) is 5.65. The molecule has 0 nitrogen and oxygen atoms in total. The van der Waals surface area contributed by atoms with Crippen molar-refractivity contribution >= 4 is 22.4 Å². The zero-order valence-electron chi connectivity index (χ0n) is 10.7. The van der Waals surface area contributed by atoms with Gasteiger partial charge in [-0.2, -0.15) is 0 Å². The van der Waals surface area contributed by atoms with Crippen LogP contribution in [0.1, 0.15) is 12.5 Å². The highest BCUT2D eigenvalue weighted by Crippen LogP contribution is 2.32. The van der Waals surface area contributed by atoms with Gasteiger partial charge in [0, 0.05) is 0 Å². The highest BCUT2D eigenvalue weighted by atomic mass is 35.5. The zero-order chi connectivity index (χ0) is 13.2. The first-order chi connectivity index (χ1) is 9.25. The quantitative estimate of drug-likeness (QED) is 0.562. The molecule has 0 saturated carbocycles. The Hall–Kier alpha value is -1.79. The lowest BCUT2D eigenvalue weighted by molar-refractivity contribution is 1.35. The number of halogens is 1. The third kappa shape index (κ3) is 2.36. The van der Waals surface area contributed by atoms with Gasteiger partial charge in [-0.25, -0.2) is 0 Å². The average molecular weight is 266 g/mol. The monoisotopic (exact) mass is 265 g/mol. The van der Waals surface area contributed by atoms with Crippen molar-refractivity contribution in [2.75, 3.05) is 0 Å². The van der Waals surface area contributed by atoms with Gasteiger partial charge in [0.15, 0.2) is 0 Å². The van der Waals surface area contributed by atoms with Gasteiger partial charge in [-0.3, -0.25) is 0 Å². The molecule has 0 fully saturated rings. The fourth-order valence-corrected chi connectivity index (χ4v) is 2.56. The highest BCUT2D eigenvalue weighted by Gasteiger charge is 2.10. The van der Waals surface area contributed by atoms with E-state index < -0.39 is 0 Å². The Morgan fingerprint density at radius 1 is 0.789 bits per heavy atom. The molecular formula is C18H14Cl. The Balaban J connectivity index is 2.19. The SMILES string of the molecule is C[C](Cl)c1ccccc1-c1ccc2ccccc2c1. The zero-order valence-corrected chi connectivity index (χ0v) is 11.5. The van der Waals surface area contributed by atoms with Gasteiger partial charge >= 0.3 is 0 Å². The van der Waals surface area contributed by atoms with Crippen LogP contribution in [-0.4, -0.2) is 0 Å². The molecular weight excluding hydrogens is 252 g/mol. The Morgan fingerprint density at radius 2 is 1.47 bits per heavy atom. The van der Waals surface area contributed by atoms with E-state index in [2.05, 4.69) is 54.6 Å². The molecule has 0 aliphatic carbocycles. The van der Waals surface area contributed by atoms with Crippen LogP contribution in [0.3, 0.4) is 0 Å². The number of hydrogen-bond donors (Lipinski definition) is 0. The molecule has 3 aromatic rings. The van der Waals surface area contributed by atoms with Gasteiger partial charge in [0.1, 0.15) is 0 Å². The van der Waals surface area contributed by atoms with E-state index in [1.807, 2.05) is 19.1 Å². The Kier molecular flexibility index (Phi) is 3.27. The Labute approximate surface area is 118 Å². The van der Waals surface area contributed by atoms with E-state index in [9.17, 15) is 0 Å². The summed E-state index contributed by atoms with van der Waals surface area (Å²) in [6, 6.07) is 23.2. The fourth-order valence-electron chi connectivity index (χ4n) is 2.39. The molecule has 0 aliphatic rings. The summed E-state index contributed by atoms with van der Waals surface area (Å²) in [5.41, 5.74) is 3.48. The summed E-state index contributed by atoms with van der Waals surface area (Å²) in [5.74, 6) is 0. The van der Waals surface area contributed by atoms with Gasteiger partial charge in [0.05, 0.1) is 5.38 Å². The summed E-state index contributed by atoms with van der Waals surface area (Å²) in [5, 5.41) is 3.33. The minimum Gasteiger partial charge on any atom is -0.112 e. The van der Waals surface area contributed by atoms with Crippen molar-refractivity contribution in [1.82, 2.24) is 0 Å². The van der Waals surface area contributed by atoms with E-state index in [0.717, 1.165) is 10.9 Å². The summed E-state index contributed by atoms with van der Waals surface area (Å²) >= 11 is 6.19. The fraction of sp³-hybridized carbons (Fsp3) is 0.0556. The lowest BCUT2D eigenvalue weighted by Crippen LogP contribution is -1.90. The smallest absolute Gasteiger partial charge is 0.0902 e. The summed E-state index contributed by atoms with van der Waals surface area (Å²) in [6.07, 6.45) is 0. The number of benzene rings is 3. The van der Waals surface area contributed by atoms with Crippen LogP contribution >= 0.6 is 11.6 Å². The average Bonchev–Trinajstić information content (AvgIpc) is 2.46. The van der Waals surface area contributed by atoms with Crippen molar-refractivity contribution < 1.29 is 0 Å². The van der Waals surface area contributed by atoms with Gasteiger partial charge in [0.25, 0.3) is 0 Å². The molecule has 0 aromatic heterocycles. The van der Waals surface area contributed by atoms with Crippen LogP contribution in [0.4, 0.5) is 0 Å². The Morgan fingerprint density at radius 3 is 2.26 bits per heavy atom. The third-order valence-corrected chi connectivity index (χ3v) is 3.56. The lowest BCUT2D eigenvalue weighted by atomic mass is 9.96. The maximum absolute atomic E-state index is 6.19. The lowest BCUT2D eigenvalue weighted by Gasteiger charge is -2.11. The molecule has 0 spiro atoms. The van der Waals surface area contributed by atoms with Gasteiger partial charge in [-0.15, -0.1) is 11.6 Å². The summed E-state index contributed by atoms with van der Waals surface area (Å²) in [6.45, 7) is 1.93. The normalized spacial score (nSPS) is 11.1. The molecule has 3 aromatic carbocycles. The van der Waals surface area contributed by atoms with Crippen molar-refractivity contribution in [1.29, 1.82) is 0 Å². The van der Waals surface area contributed by atoms with Crippen LogP contribution in [0.15, 0.2) is 66.7 Å². The van der Waals surface area contributed by atoms with E-state index >= 15 is 0 Å². The van der Waals surface area contributed by atoms with Gasteiger partial charge in [0.2, 0.25) is 0 Å². The second-order valence-corrected chi connectivity index (χ2v) is 5.21. The minimum absolute atomic E-state index is 0.823. The third-order valence-electron chi connectivity index (χ3n) is 3.36. The molecule has 0 bridgehead atoms. The topological polar surface area (TPSA) is 0 Å². The summed E-state index contributed by atoms with van der Waals surface area (Å²) in [7, 11) is 0. The van der Waals surface area contributed by atoms with Crippen LogP contribution < -0.4 is 0 Å². The number of rotatable bonds is 2. The van der Waals surface area contributed by atoms with Crippen molar-refractivity contribution in [2.45, 2.75) is 6.92 Å². The first-order valence-corrected chi connectivity index (χ1v) is 6.71. The van der Waals surface area contributed by atoms with E-state index in [1.54, 1.807) is 0 Å². The van der Waals surface area contributed by atoms with E-state index in [0.29, 0.717) is 0 Å². The van der Waals surface area contributed by atoms with Crippen LogP contribution in [0.2, 0.25) is 0 Å². The van der Waals surface area contributed by atoms with Crippen LogP contribution in [0.25, 0.3) is 21.9 Å². The van der Waals surface area contributed by atoms with Gasteiger partial charge < -0.3 is 0 Å². The van der Waals surface area contributed by atoms with Crippen molar-refractivity contribution in [2.24, 2.45) is 0 Å². The molecule has 0 unspecified atom stereocenters. The standard InChI is InChI=1S/C18H14Cl/c1-13(19)17-8-4-5-9-18(17)16-11-10-14-6-2-3-7-15(14)12-16/h2-12H,1H3. The van der Waals surface area contributed by atoms with Gasteiger partial charge in [-0.1, -0.05) is 60.7 Å². The van der Waals surface area contributed by atoms with Crippen LogP contribution in [-0.2, 0) is 0 Å². The van der Waals surface area contributed by atoms with E-state index in [1.165, 1.54) is 21.9 Å². The van der Waals surface area contributed by atoms with Crippen molar-refractivity contribution in [3.05, 3.63) is 77.7 Å². The molecule has 0 amide bonds. The predicted molar refractivity (Wildman–Crippen MR) is 83.3 cm³/mol. The second-order valence-electron chi connectivity index (χ2n) is 4.64. The number of fused-ring (bicyclic) bond motifs is 1. The molecule has 0 aliphatic heterocycles. The molecule has 0 saturated heterocycles. The summed E-state index contributed by atoms with van der Waals surface area (Å²) < 4.78 is 0. The van der Waals surface area contributed by atoms with Crippen LogP contribution in [0, 0.1) is 5.38 Å². The van der Waals surface area contributed by atoms with Gasteiger partial charge in [-0.05, 0) is 40.5 Å². The van der Waals surface area contributed by atoms with Crippen molar-refractivity contribution in [3.8, 4) is 11.1 Å². The van der Waals surface area contributed by atoms with Crippen molar-refractivity contribution in [3.63, 3.8) is 0 Å². The Bertz CT molecular complexity index is 713. The molecule has 0 atom stereocenters. The second kappa shape index (κ2) is 5.07. The maximum atomic E-state index is 6.19. The molecule has 93 valence electrons. The molecule has 0 heterocycles. The van der Waals surface area contributed by atoms with E-state index in [4.69, 9.17) is 11.6 Å². The number of hydrogen-bond acceptors (Lipinski definition) is 0. The highest BCUT2D eigenvalue weighted by molar-refractivity contribution is 6.29. The molecule has 1 heteroatoms. The van der Waals surface area contributed by atoms with E-state index in [-0.39, 0.29) is 0 Å². The first kappa shape index (κ1) is 12.3. The summed E-state index contributed by atoms with van der Waals surface area (Å²) in [4.78, 5) is 0. The molecule has 3 rings (SSSR count). The largest absolute Gasteiger partial charge is 0.112 e. The molecule has 1 radical (unpaired) electrons. The molecule has 19 heavy (non-hydrogen) atoms.